The van der Waals surface area contributed by atoms with Gasteiger partial charge >= 0.3 is 5.69 Å². The molecular weight excluding hydrogens is 432 g/mol. The molecule has 2 N–H and O–H groups in total. The van der Waals surface area contributed by atoms with Gasteiger partial charge in [-0.05, 0) is 36.8 Å². The number of aromatic amines is 1. The third-order valence-corrected chi connectivity index (χ3v) is 4.82. The molecule has 0 aliphatic rings. The molecule has 0 spiro atoms. The third-order valence-electron chi connectivity index (χ3n) is 3.93. The van der Waals surface area contributed by atoms with E-state index in [2.05, 4.69) is 25.9 Å². The van der Waals surface area contributed by atoms with Crippen molar-refractivity contribution in [3.05, 3.63) is 89.0 Å². The summed E-state index contributed by atoms with van der Waals surface area (Å²) in [7, 11) is 0. The molecule has 3 rings (SSSR count). The molecule has 3 aromatic rings. The van der Waals surface area contributed by atoms with Crippen LogP contribution in [0, 0.1) is 17.0 Å². The average molecular weight is 445 g/mol. The van der Waals surface area contributed by atoms with Crippen molar-refractivity contribution in [3.8, 4) is 11.6 Å². The van der Waals surface area contributed by atoms with E-state index in [-0.39, 0.29) is 16.9 Å². The highest BCUT2D eigenvalue weighted by Gasteiger charge is 2.16. The number of aliphatic imine (C=N–C) groups is 1. The van der Waals surface area contributed by atoms with Crippen molar-refractivity contribution < 1.29 is 10.0 Å². The molecule has 10 heteroatoms. The van der Waals surface area contributed by atoms with Crippen molar-refractivity contribution in [3.63, 3.8) is 0 Å². The molecule has 0 fully saturated rings. The number of nitro groups is 1. The highest BCUT2D eigenvalue weighted by molar-refractivity contribution is 9.10. The van der Waals surface area contributed by atoms with Gasteiger partial charge in [-0.1, -0.05) is 28.1 Å². The molecule has 0 saturated heterocycles. The lowest BCUT2D eigenvalue weighted by atomic mass is 10.2. The molecule has 9 nitrogen and oxygen atoms in total. The standard InChI is InChI=1S/C18H13BrN4O5/c1-10-8-11(6-7-13(10)19)22-17(25)12(16(24)21-18(22)26)9-20-14-4-2-3-5-15(14)23(27)28/h2-9,25H,1H3,(H,21,24,26). The van der Waals surface area contributed by atoms with Gasteiger partial charge < -0.3 is 5.11 Å². The normalized spacial score (nSPS) is 11.1. The Morgan fingerprint density at radius 3 is 2.64 bits per heavy atom. The number of hydrogen-bond donors (Lipinski definition) is 2. The SMILES string of the molecule is Cc1cc(-n2c(O)c(C=Nc3ccccc3[N+](=O)[O-])c(=O)[nH]c2=O)ccc1Br. The molecule has 0 saturated carbocycles. The Labute approximate surface area is 165 Å². The maximum absolute atomic E-state index is 12.2. The summed E-state index contributed by atoms with van der Waals surface area (Å²) in [6, 6.07) is 10.6. The van der Waals surface area contributed by atoms with Gasteiger partial charge in [0.05, 0.1) is 10.6 Å². The lowest BCUT2D eigenvalue weighted by molar-refractivity contribution is -0.384. The van der Waals surface area contributed by atoms with Crippen molar-refractivity contribution in [2.45, 2.75) is 6.92 Å². The van der Waals surface area contributed by atoms with E-state index >= 15 is 0 Å². The number of aryl methyl sites for hydroxylation is 1. The van der Waals surface area contributed by atoms with Gasteiger partial charge in [-0.15, -0.1) is 0 Å². The van der Waals surface area contributed by atoms with Crippen LogP contribution in [0.4, 0.5) is 11.4 Å². The Kier molecular flexibility index (Phi) is 5.23. The predicted molar refractivity (Wildman–Crippen MR) is 107 cm³/mol. The number of hydrogen-bond acceptors (Lipinski definition) is 6. The summed E-state index contributed by atoms with van der Waals surface area (Å²) in [6.45, 7) is 1.80. The summed E-state index contributed by atoms with van der Waals surface area (Å²) in [5, 5.41) is 21.6. The van der Waals surface area contributed by atoms with E-state index in [0.717, 1.165) is 20.8 Å². The zero-order valence-corrected chi connectivity index (χ0v) is 16.0. The Morgan fingerprint density at radius 2 is 1.96 bits per heavy atom. The molecular formula is C18H13BrN4O5. The third kappa shape index (κ3) is 3.62. The first-order valence-electron chi connectivity index (χ1n) is 7.92. The zero-order valence-electron chi connectivity index (χ0n) is 14.4. The van der Waals surface area contributed by atoms with Gasteiger partial charge in [-0.3, -0.25) is 19.9 Å². The van der Waals surface area contributed by atoms with Crippen LogP contribution >= 0.6 is 15.9 Å². The van der Waals surface area contributed by atoms with Gasteiger partial charge in [0, 0.05) is 16.8 Å². The minimum atomic E-state index is -0.866. The van der Waals surface area contributed by atoms with Crippen LogP contribution in [0.2, 0.25) is 0 Å². The summed E-state index contributed by atoms with van der Waals surface area (Å²) in [6.07, 6.45) is 0.984. The molecule has 0 unspecified atom stereocenters. The first-order chi connectivity index (χ1) is 13.3. The number of nitrogens with zero attached hydrogens (tertiary/aromatic N) is 3. The molecule has 0 aliphatic carbocycles. The molecule has 0 atom stereocenters. The van der Waals surface area contributed by atoms with Gasteiger partial charge in [0.2, 0.25) is 5.88 Å². The molecule has 0 radical (unpaired) electrons. The van der Waals surface area contributed by atoms with E-state index in [0.29, 0.717) is 5.69 Å². The molecule has 28 heavy (non-hydrogen) atoms. The van der Waals surface area contributed by atoms with Gasteiger partial charge in [-0.25, -0.2) is 14.4 Å². The van der Waals surface area contributed by atoms with E-state index in [1.807, 2.05) is 0 Å². The second kappa shape index (κ2) is 7.61. The van der Waals surface area contributed by atoms with Crippen LogP contribution in [-0.2, 0) is 0 Å². The van der Waals surface area contributed by atoms with Crippen LogP contribution in [0.5, 0.6) is 5.88 Å². The molecule has 2 aromatic carbocycles. The van der Waals surface area contributed by atoms with E-state index in [1.54, 1.807) is 31.2 Å². The topological polar surface area (TPSA) is 131 Å². The lowest BCUT2D eigenvalue weighted by Crippen LogP contribution is -2.31. The zero-order chi connectivity index (χ0) is 20.4. The van der Waals surface area contributed by atoms with Crippen molar-refractivity contribution in [1.82, 2.24) is 9.55 Å². The Hall–Kier alpha value is -3.53. The summed E-state index contributed by atoms with van der Waals surface area (Å²) in [5.74, 6) is -0.627. The van der Waals surface area contributed by atoms with Gasteiger partial charge in [0.15, 0.2) is 0 Å². The predicted octanol–water partition coefficient (Wildman–Crippen LogP) is 2.96. The molecule has 1 heterocycles. The van der Waals surface area contributed by atoms with Gasteiger partial charge in [0.1, 0.15) is 11.3 Å². The fraction of sp³-hybridized carbons (Fsp3) is 0.0556. The van der Waals surface area contributed by atoms with E-state index in [1.165, 1.54) is 18.2 Å². The van der Waals surface area contributed by atoms with Crippen LogP contribution in [0.1, 0.15) is 11.1 Å². The number of nitro benzene ring substituents is 1. The lowest BCUT2D eigenvalue weighted by Gasteiger charge is -2.11. The average Bonchev–Trinajstić information content (AvgIpc) is 2.64. The Bertz CT molecular complexity index is 1230. The summed E-state index contributed by atoms with van der Waals surface area (Å²) < 4.78 is 1.73. The van der Waals surface area contributed by atoms with Gasteiger partial charge in [-0.2, -0.15) is 0 Å². The number of rotatable bonds is 4. The maximum atomic E-state index is 12.2. The minimum absolute atomic E-state index is 0.00327. The van der Waals surface area contributed by atoms with Crippen LogP contribution < -0.4 is 11.2 Å². The molecule has 0 amide bonds. The Morgan fingerprint density at radius 1 is 1.25 bits per heavy atom. The molecule has 1 aromatic heterocycles. The van der Waals surface area contributed by atoms with E-state index < -0.39 is 22.1 Å². The fourth-order valence-corrected chi connectivity index (χ4v) is 2.77. The fourth-order valence-electron chi connectivity index (χ4n) is 2.52. The van der Waals surface area contributed by atoms with Crippen LogP contribution in [0.25, 0.3) is 5.69 Å². The Balaban J connectivity index is 2.16. The summed E-state index contributed by atoms with van der Waals surface area (Å²) in [5.41, 5.74) is -1.11. The summed E-state index contributed by atoms with van der Waals surface area (Å²) >= 11 is 3.35. The van der Waals surface area contributed by atoms with Crippen molar-refractivity contribution in [2.24, 2.45) is 4.99 Å². The quantitative estimate of drug-likeness (QED) is 0.362. The number of benzene rings is 2. The second-order valence-corrected chi connectivity index (χ2v) is 6.62. The highest BCUT2D eigenvalue weighted by Crippen LogP contribution is 2.27. The van der Waals surface area contributed by atoms with Crippen LogP contribution in [0.15, 0.2) is 61.5 Å². The number of nitrogens with one attached hydrogen (secondary N) is 1. The minimum Gasteiger partial charge on any atom is -0.493 e. The van der Waals surface area contributed by atoms with Crippen molar-refractivity contribution in [1.29, 1.82) is 0 Å². The monoisotopic (exact) mass is 444 g/mol. The molecule has 0 aliphatic heterocycles. The van der Waals surface area contributed by atoms with Crippen molar-refractivity contribution in [2.75, 3.05) is 0 Å². The molecule has 142 valence electrons. The molecule has 0 bridgehead atoms. The summed E-state index contributed by atoms with van der Waals surface area (Å²) in [4.78, 5) is 40.9. The number of para-hydroxylation sites is 2. The highest BCUT2D eigenvalue weighted by atomic mass is 79.9. The van der Waals surface area contributed by atoms with Crippen LogP contribution in [-0.4, -0.2) is 25.8 Å². The largest absolute Gasteiger partial charge is 0.493 e. The van der Waals surface area contributed by atoms with E-state index in [4.69, 9.17) is 0 Å². The van der Waals surface area contributed by atoms with E-state index in [9.17, 15) is 24.8 Å². The first-order valence-corrected chi connectivity index (χ1v) is 8.71. The van der Waals surface area contributed by atoms with Crippen molar-refractivity contribution >= 4 is 33.5 Å². The van der Waals surface area contributed by atoms with Gasteiger partial charge in [0.25, 0.3) is 11.2 Å². The maximum Gasteiger partial charge on any atom is 0.335 e. The second-order valence-electron chi connectivity index (χ2n) is 5.77. The smallest absolute Gasteiger partial charge is 0.335 e. The first kappa shape index (κ1) is 19.2. The number of H-pyrrole nitrogens is 1. The number of halogens is 1. The van der Waals surface area contributed by atoms with Crippen LogP contribution in [0.3, 0.4) is 0 Å². The number of aromatic nitrogens is 2. The number of aromatic hydroxyl groups is 1.